The van der Waals surface area contributed by atoms with Crippen LogP contribution in [0, 0.1) is 0 Å². The van der Waals surface area contributed by atoms with Gasteiger partial charge in [0.05, 0.1) is 5.69 Å². The lowest BCUT2D eigenvalue weighted by Crippen LogP contribution is -2.33. The van der Waals surface area contributed by atoms with E-state index in [1.165, 1.54) is 4.90 Å². The van der Waals surface area contributed by atoms with Crippen molar-refractivity contribution in [3.05, 3.63) is 66.4 Å². The number of hydrogen-bond acceptors (Lipinski definition) is 3. The molecule has 4 rings (SSSR count). The van der Waals surface area contributed by atoms with E-state index in [0.29, 0.717) is 13.0 Å². The van der Waals surface area contributed by atoms with Gasteiger partial charge in [-0.25, -0.2) is 4.79 Å². The standard InChI is InChI=1S/C23H24N4O3/c1-26-14-13-17-18(8-5-9-20(17)26)24-21(28)11-10-19-22(29)27(23(30)25-19)15-12-16-6-3-2-4-7-16/h2-9,13-14,19H,10-12,15H2,1H3,(H,24,28)(H,25,30). The molecule has 0 saturated carbocycles. The van der Waals surface area contributed by atoms with Gasteiger partial charge in [0.15, 0.2) is 0 Å². The largest absolute Gasteiger partial charge is 0.350 e. The highest BCUT2D eigenvalue weighted by atomic mass is 16.2. The Morgan fingerprint density at radius 1 is 1.07 bits per heavy atom. The number of amides is 4. The van der Waals surface area contributed by atoms with Crippen molar-refractivity contribution in [2.45, 2.75) is 25.3 Å². The van der Waals surface area contributed by atoms with Crippen molar-refractivity contribution in [1.82, 2.24) is 14.8 Å². The second kappa shape index (κ2) is 8.41. The second-order valence-corrected chi connectivity index (χ2v) is 7.48. The third-order valence-electron chi connectivity index (χ3n) is 5.44. The average Bonchev–Trinajstić information content (AvgIpc) is 3.26. The van der Waals surface area contributed by atoms with Crippen LogP contribution >= 0.6 is 0 Å². The molecule has 154 valence electrons. The number of nitrogens with zero attached hydrogens (tertiary/aromatic N) is 2. The van der Waals surface area contributed by atoms with Crippen LogP contribution in [0.5, 0.6) is 0 Å². The Balaban J connectivity index is 1.31. The summed E-state index contributed by atoms with van der Waals surface area (Å²) in [4.78, 5) is 38.5. The van der Waals surface area contributed by atoms with Crippen molar-refractivity contribution in [3.63, 3.8) is 0 Å². The maximum atomic E-state index is 12.6. The summed E-state index contributed by atoms with van der Waals surface area (Å²) in [6.45, 7) is 0.327. The SMILES string of the molecule is Cn1ccc2c(NC(=O)CCC3NC(=O)N(CCc4ccccc4)C3=O)cccc21. The molecular formula is C23H24N4O3. The molecule has 1 unspecified atom stereocenters. The third-order valence-corrected chi connectivity index (χ3v) is 5.44. The number of aryl methyl sites for hydroxylation is 1. The van der Waals surface area contributed by atoms with Crippen LogP contribution in [-0.2, 0) is 23.1 Å². The van der Waals surface area contributed by atoms with Crippen molar-refractivity contribution in [2.75, 3.05) is 11.9 Å². The normalized spacial score (nSPS) is 16.2. The number of nitrogens with one attached hydrogen (secondary N) is 2. The van der Waals surface area contributed by atoms with Crippen LogP contribution in [0.2, 0.25) is 0 Å². The van der Waals surface area contributed by atoms with Gasteiger partial charge in [-0.2, -0.15) is 0 Å². The molecule has 1 aromatic heterocycles. The lowest BCUT2D eigenvalue weighted by Gasteiger charge is -2.13. The fourth-order valence-electron chi connectivity index (χ4n) is 3.77. The van der Waals surface area contributed by atoms with Gasteiger partial charge in [0, 0.05) is 37.1 Å². The first kappa shape index (κ1) is 19.7. The second-order valence-electron chi connectivity index (χ2n) is 7.48. The van der Waals surface area contributed by atoms with Gasteiger partial charge in [-0.1, -0.05) is 36.4 Å². The fraction of sp³-hybridized carbons (Fsp3) is 0.261. The van der Waals surface area contributed by atoms with Crippen molar-refractivity contribution in [2.24, 2.45) is 7.05 Å². The van der Waals surface area contributed by atoms with Crippen LogP contribution in [0.4, 0.5) is 10.5 Å². The minimum atomic E-state index is -0.661. The Kier molecular flexibility index (Phi) is 5.52. The molecule has 0 bridgehead atoms. The Labute approximate surface area is 174 Å². The maximum absolute atomic E-state index is 12.6. The van der Waals surface area contributed by atoms with E-state index < -0.39 is 12.1 Å². The van der Waals surface area contributed by atoms with Gasteiger partial charge in [0.2, 0.25) is 5.91 Å². The summed E-state index contributed by atoms with van der Waals surface area (Å²) >= 11 is 0. The van der Waals surface area contributed by atoms with Crippen LogP contribution in [0.25, 0.3) is 10.9 Å². The Bertz CT molecular complexity index is 1090. The average molecular weight is 404 g/mol. The van der Waals surface area contributed by atoms with Crippen LogP contribution in [0.15, 0.2) is 60.8 Å². The summed E-state index contributed by atoms with van der Waals surface area (Å²) in [6.07, 6.45) is 2.96. The molecule has 30 heavy (non-hydrogen) atoms. The number of urea groups is 1. The lowest BCUT2D eigenvalue weighted by molar-refractivity contribution is -0.127. The molecule has 0 spiro atoms. The van der Waals surface area contributed by atoms with E-state index in [1.54, 1.807) is 0 Å². The monoisotopic (exact) mass is 404 g/mol. The molecule has 1 aliphatic rings. The molecule has 2 N–H and O–H groups in total. The van der Waals surface area contributed by atoms with Crippen LogP contribution in [0.3, 0.4) is 0 Å². The summed E-state index contributed by atoms with van der Waals surface area (Å²) in [7, 11) is 1.95. The van der Waals surface area contributed by atoms with Gasteiger partial charge in [0.25, 0.3) is 5.91 Å². The zero-order valence-corrected chi connectivity index (χ0v) is 16.8. The van der Waals surface area contributed by atoms with Crippen molar-refractivity contribution in [3.8, 4) is 0 Å². The van der Waals surface area contributed by atoms with Crippen molar-refractivity contribution in [1.29, 1.82) is 0 Å². The summed E-state index contributed by atoms with van der Waals surface area (Å²) in [5.41, 5.74) is 2.83. The highest BCUT2D eigenvalue weighted by Gasteiger charge is 2.37. The quantitative estimate of drug-likeness (QED) is 0.594. The molecule has 1 atom stereocenters. The molecule has 1 fully saturated rings. The highest BCUT2D eigenvalue weighted by molar-refractivity contribution is 6.05. The van der Waals surface area contributed by atoms with E-state index >= 15 is 0 Å². The molecule has 2 aromatic carbocycles. The summed E-state index contributed by atoms with van der Waals surface area (Å²) in [6, 6.07) is 16.4. The van der Waals surface area contributed by atoms with E-state index in [0.717, 1.165) is 22.2 Å². The predicted octanol–water partition coefficient (Wildman–Crippen LogP) is 3.06. The molecule has 7 nitrogen and oxygen atoms in total. The van der Waals surface area contributed by atoms with Gasteiger partial charge in [0.1, 0.15) is 6.04 Å². The maximum Gasteiger partial charge on any atom is 0.324 e. The molecular weight excluding hydrogens is 380 g/mol. The molecule has 7 heteroatoms. The zero-order valence-electron chi connectivity index (χ0n) is 16.8. The van der Waals surface area contributed by atoms with Crippen molar-refractivity contribution >= 4 is 34.4 Å². The number of rotatable bonds is 7. The van der Waals surface area contributed by atoms with E-state index in [9.17, 15) is 14.4 Å². The van der Waals surface area contributed by atoms with Gasteiger partial charge < -0.3 is 15.2 Å². The summed E-state index contributed by atoms with van der Waals surface area (Å²) < 4.78 is 1.99. The van der Waals surface area contributed by atoms with E-state index in [-0.39, 0.29) is 24.7 Å². The smallest absolute Gasteiger partial charge is 0.324 e. The van der Waals surface area contributed by atoms with E-state index in [1.807, 2.05) is 72.4 Å². The fourth-order valence-corrected chi connectivity index (χ4v) is 3.77. The van der Waals surface area contributed by atoms with E-state index in [2.05, 4.69) is 10.6 Å². The zero-order chi connectivity index (χ0) is 21.1. The molecule has 0 aliphatic carbocycles. The molecule has 3 aromatic rings. The van der Waals surface area contributed by atoms with Gasteiger partial charge in [-0.3, -0.25) is 14.5 Å². The first-order chi connectivity index (χ1) is 14.5. The number of carbonyl (C=O) groups is 3. The summed E-state index contributed by atoms with van der Waals surface area (Å²) in [5, 5.41) is 6.58. The molecule has 2 heterocycles. The predicted molar refractivity (Wildman–Crippen MR) is 115 cm³/mol. The number of aromatic nitrogens is 1. The van der Waals surface area contributed by atoms with Crippen molar-refractivity contribution < 1.29 is 14.4 Å². The van der Waals surface area contributed by atoms with Gasteiger partial charge >= 0.3 is 6.03 Å². The van der Waals surface area contributed by atoms with E-state index in [4.69, 9.17) is 0 Å². The summed E-state index contributed by atoms with van der Waals surface area (Å²) in [5.74, 6) is -0.454. The van der Waals surface area contributed by atoms with Crippen LogP contribution in [0.1, 0.15) is 18.4 Å². The number of carbonyl (C=O) groups excluding carboxylic acids is 3. The Hall–Kier alpha value is -3.61. The number of anilines is 1. The van der Waals surface area contributed by atoms with Gasteiger partial charge in [-0.05, 0) is 36.6 Å². The minimum absolute atomic E-state index is 0.145. The molecule has 1 saturated heterocycles. The first-order valence-corrected chi connectivity index (χ1v) is 10.0. The Morgan fingerprint density at radius 3 is 2.67 bits per heavy atom. The lowest BCUT2D eigenvalue weighted by atomic mass is 10.1. The number of hydrogen-bond donors (Lipinski definition) is 2. The molecule has 1 aliphatic heterocycles. The topological polar surface area (TPSA) is 83.4 Å². The number of imide groups is 1. The molecule has 0 radical (unpaired) electrons. The van der Waals surface area contributed by atoms with Crippen LogP contribution in [-0.4, -0.2) is 39.9 Å². The third kappa shape index (κ3) is 4.05. The van der Waals surface area contributed by atoms with Gasteiger partial charge in [-0.15, -0.1) is 0 Å². The Morgan fingerprint density at radius 2 is 1.87 bits per heavy atom. The van der Waals surface area contributed by atoms with Crippen LogP contribution < -0.4 is 10.6 Å². The first-order valence-electron chi connectivity index (χ1n) is 10.0. The number of benzene rings is 2. The number of fused-ring (bicyclic) bond motifs is 1. The highest BCUT2D eigenvalue weighted by Crippen LogP contribution is 2.24. The molecule has 4 amide bonds. The minimum Gasteiger partial charge on any atom is -0.350 e.